The summed E-state index contributed by atoms with van der Waals surface area (Å²) in [6.07, 6.45) is 3.62. The zero-order valence-corrected chi connectivity index (χ0v) is 16.6. The smallest absolute Gasteiger partial charge is 0.223 e. The molecule has 1 fully saturated rings. The van der Waals surface area contributed by atoms with Crippen molar-refractivity contribution in [1.29, 1.82) is 0 Å². The Hall–Kier alpha value is -2.47. The summed E-state index contributed by atoms with van der Waals surface area (Å²) >= 11 is 1.60. The van der Waals surface area contributed by atoms with Gasteiger partial charge in [-0.25, -0.2) is 4.98 Å². The minimum atomic E-state index is 0.0807. The third-order valence-electron chi connectivity index (χ3n) is 5.16. The average molecular weight is 381 g/mol. The number of hydrogen-bond acceptors (Lipinski definition) is 5. The van der Waals surface area contributed by atoms with Gasteiger partial charge in [-0.3, -0.25) is 9.78 Å². The van der Waals surface area contributed by atoms with Gasteiger partial charge in [-0.15, -0.1) is 11.3 Å². The molecule has 1 aromatic carbocycles. The van der Waals surface area contributed by atoms with Gasteiger partial charge in [0.15, 0.2) is 0 Å². The van der Waals surface area contributed by atoms with E-state index in [1.54, 1.807) is 11.3 Å². The molecule has 0 radical (unpaired) electrons. The lowest BCUT2D eigenvalue weighted by molar-refractivity contribution is -0.125. The summed E-state index contributed by atoms with van der Waals surface area (Å²) in [5, 5.41) is 7.23. The number of aryl methyl sites for hydroxylation is 2. The van der Waals surface area contributed by atoms with Crippen molar-refractivity contribution < 1.29 is 4.79 Å². The zero-order valence-electron chi connectivity index (χ0n) is 15.7. The Morgan fingerprint density at radius 1 is 1.26 bits per heavy atom. The molecule has 2 aromatic heterocycles. The first-order valence-electron chi connectivity index (χ1n) is 9.39. The van der Waals surface area contributed by atoms with Crippen LogP contribution in [-0.4, -0.2) is 29.0 Å². The molecule has 0 saturated carbocycles. The standard InChI is InChI=1S/C21H24N4OS/c1-14-3-4-18-17(11-14)19(5-8-22-18)25-9-6-16(7-10-25)21(26)23-12-20-24-15(2)13-27-20/h3-5,8,11,13,16H,6-7,9-10,12H2,1-2H3,(H,23,26). The number of hydrogen-bond donors (Lipinski definition) is 1. The lowest BCUT2D eigenvalue weighted by Crippen LogP contribution is -2.40. The maximum atomic E-state index is 12.5. The molecule has 6 heteroatoms. The topological polar surface area (TPSA) is 58.1 Å². The summed E-state index contributed by atoms with van der Waals surface area (Å²) in [6, 6.07) is 8.47. The Labute approximate surface area is 163 Å². The fraction of sp³-hybridized carbons (Fsp3) is 0.381. The Bertz CT molecular complexity index is 960. The Morgan fingerprint density at radius 2 is 2.07 bits per heavy atom. The van der Waals surface area contributed by atoms with E-state index in [1.807, 2.05) is 18.5 Å². The summed E-state index contributed by atoms with van der Waals surface area (Å²) < 4.78 is 0. The molecule has 0 bridgehead atoms. The Kier molecular flexibility index (Phi) is 5.07. The molecular formula is C21H24N4OS. The number of thiazole rings is 1. The van der Waals surface area contributed by atoms with Crippen LogP contribution in [0.15, 0.2) is 35.8 Å². The van der Waals surface area contributed by atoms with E-state index >= 15 is 0 Å². The predicted octanol–water partition coefficient (Wildman–Crippen LogP) is 3.84. The Balaban J connectivity index is 1.39. The molecular weight excluding hydrogens is 356 g/mol. The minimum absolute atomic E-state index is 0.0807. The minimum Gasteiger partial charge on any atom is -0.371 e. The molecule has 1 aliphatic rings. The largest absolute Gasteiger partial charge is 0.371 e. The SMILES string of the molecule is Cc1ccc2nccc(N3CCC(C(=O)NCc4nc(C)cs4)CC3)c2c1. The number of rotatable bonds is 4. The van der Waals surface area contributed by atoms with E-state index in [0.29, 0.717) is 6.54 Å². The monoisotopic (exact) mass is 380 g/mol. The van der Waals surface area contributed by atoms with Gasteiger partial charge >= 0.3 is 0 Å². The van der Waals surface area contributed by atoms with Crippen molar-refractivity contribution in [2.24, 2.45) is 5.92 Å². The van der Waals surface area contributed by atoms with Gasteiger partial charge in [0.2, 0.25) is 5.91 Å². The molecule has 0 spiro atoms. The van der Waals surface area contributed by atoms with E-state index in [4.69, 9.17) is 0 Å². The van der Waals surface area contributed by atoms with Crippen LogP contribution in [0.1, 0.15) is 29.1 Å². The van der Waals surface area contributed by atoms with Crippen LogP contribution in [0.25, 0.3) is 10.9 Å². The number of anilines is 1. The van der Waals surface area contributed by atoms with Crippen LogP contribution in [-0.2, 0) is 11.3 Å². The average Bonchev–Trinajstić information content (AvgIpc) is 3.11. The number of nitrogens with one attached hydrogen (secondary N) is 1. The Morgan fingerprint density at radius 3 is 2.81 bits per heavy atom. The van der Waals surface area contributed by atoms with Crippen molar-refractivity contribution in [3.63, 3.8) is 0 Å². The van der Waals surface area contributed by atoms with Gasteiger partial charge in [-0.05, 0) is 44.9 Å². The quantitative estimate of drug-likeness (QED) is 0.747. The van der Waals surface area contributed by atoms with Gasteiger partial charge in [0.1, 0.15) is 5.01 Å². The van der Waals surface area contributed by atoms with Crippen LogP contribution in [0.2, 0.25) is 0 Å². The second-order valence-corrected chi connectivity index (χ2v) is 8.16. The molecule has 1 amide bonds. The number of fused-ring (bicyclic) bond motifs is 1. The fourth-order valence-corrected chi connectivity index (χ4v) is 4.41. The number of amides is 1. The van der Waals surface area contributed by atoms with Crippen molar-refractivity contribution in [3.05, 3.63) is 52.1 Å². The number of nitrogens with zero attached hydrogens (tertiary/aromatic N) is 3. The first-order valence-corrected chi connectivity index (χ1v) is 10.3. The summed E-state index contributed by atoms with van der Waals surface area (Å²) in [5.41, 5.74) is 4.50. The molecule has 1 aliphatic heterocycles. The van der Waals surface area contributed by atoms with Gasteiger partial charge in [0.25, 0.3) is 0 Å². The van der Waals surface area contributed by atoms with Crippen LogP contribution < -0.4 is 10.2 Å². The molecule has 0 aliphatic carbocycles. The maximum absolute atomic E-state index is 12.5. The van der Waals surface area contributed by atoms with Crippen LogP contribution in [0.3, 0.4) is 0 Å². The summed E-state index contributed by atoms with van der Waals surface area (Å²) in [6.45, 7) is 6.40. The normalized spacial score (nSPS) is 15.3. The lowest BCUT2D eigenvalue weighted by Gasteiger charge is -2.33. The highest BCUT2D eigenvalue weighted by molar-refractivity contribution is 7.09. The summed E-state index contributed by atoms with van der Waals surface area (Å²) in [5.74, 6) is 0.232. The van der Waals surface area contributed by atoms with E-state index in [-0.39, 0.29) is 11.8 Å². The van der Waals surface area contributed by atoms with Crippen molar-refractivity contribution in [2.45, 2.75) is 33.2 Å². The second kappa shape index (κ2) is 7.64. The lowest BCUT2D eigenvalue weighted by atomic mass is 9.95. The van der Waals surface area contributed by atoms with Crippen molar-refractivity contribution in [3.8, 4) is 0 Å². The van der Waals surface area contributed by atoms with E-state index in [1.165, 1.54) is 16.6 Å². The molecule has 1 N–H and O–H groups in total. The first kappa shape index (κ1) is 17.9. The van der Waals surface area contributed by atoms with Crippen molar-refractivity contribution in [1.82, 2.24) is 15.3 Å². The zero-order chi connectivity index (χ0) is 18.8. The first-order chi connectivity index (χ1) is 13.1. The van der Waals surface area contributed by atoms with Crippen molar-refractivity contribution in [2.75, 3.05) is 18.0 Å². The summed E-state index contributed by atoms with van der Waals surface area (Å²) in [4.78, 5) is 23.8. The molecule has 5 nitrogen and oxygen atoms in total. The second-order valence-electron chi connectivity index (χ2n) is 7.21. The molecule has 3 aromatic rings. The van der Waals surface area contributed by atoms with Gasteiger partial charge in [-0.2, -0.15) is 0 Å². The molecule has 1 saturated heterocycles. The van der Waals surface area contributed by atoms with Gasteiger partial charge in [-0.1, -0.05) is 11.6 Å². The van der Waals surface area contributed by atoms with E-state index < -0.39 is 0 Å². The number of pyridine rings is 1. The highest BCUT2D eigenvalue weighted by Crippen LogP contribution is 2.30. The van der Waals surface area contributed by atoms with E-state index in [0.717, 1.165) is 42.1 Å². The third-order valence-corrected chi connectivity index (χ3v) is 6.13. The molecule has 0 atom stereocenters. The number of carbonyl (C=O) groups excluding carboxylic acids is 1. The summed E-state index contributed by atoms with van der Waals surface area (Å²) in [7, 11) is 0. The molecule has 140 valence electrons. The maximum Gasteiger partial charge on any atom is 0.223 e. The number of piperidine rings is 1. The van der Waals surface area contributed by atoms with Crippen LogP contribution in [0.5, 0.6) is 0 Å². The molecule has 27 heavy (non-hydrogen) atoms. The highest BCUT2D eigenvalue weighted by atomic mass is 32.1. The molecule has 0 unspecified atom stereocenters. The third kappa shape index (κ3) is 3.95. The molecule has 4 rings (SSSR count). The van der Waals surface area contributed by atoms with E-state index in [2.05, 4.69) is 51.4 Å². The molecule has 3 heterocycles. The van der Waals surface area contributed by atoms with Gasteiger partial charge < -0.3 is 10.2 Å². The van der Waals surface area contributed by atoms with Crippen LogP contribution >= 0.6 is 11.3 Å². The fourth-order valence-electron chi connectivity index (χ4n) is 3.69. The van der Waals surface area contributed by atoms with Gasteiger partial charge in [0, 0.05) is 47.4 Å². The predicted molar refractivity (Wildman–Crippen MR) is 110 cm³/mol. The van der Waals surface area contributed by atoms with Gasteiger partial charge in [0.05, 0.1) is 12.1 Å². The number of carbonyl (C=O) groups is 1. The highest BCUT2D eigenvalue weighted by Gasteiger charge is 2.25. The van der Waals surface area contributed by atoms with Crippen molar-refractivity contribution >= 4 is 33.8 Å². The van der Waals surface area contributed by atoms with Crippen LogP contribution in [0, 0.1) is 19.8 Å². The van der Waals surface area contributed by atoms with E-state index in [9.17, 15) is 4.79 Å². The number of benzene rings is 1. The van der Waals surface area contributed by atoms with Crippen LogP contribution in [0.4, 0.5) is 5.69 Å². The number of aromatic nitrogens is 2.